The molecule has 134 valence electrons. The van der Waals surface area contributed by atoms with E-state index in [0.29, 0.717) is 11.5 Å². The predicted molar refractivity (Wildman–Crippen MR) is 110 cm³/mol. The average Bonchev–Trinajstić information content (AvgIpc) is 3.36. The lowest BCUT2D eigenvalue weighted by molar-refractivity contribution is 0.366. The van der Waals surface area contributed by atoms with Crippen molar-refractivity contribution in [2.75, 3.05) is 18.0 Å². The van der Waals surface area contributed by atoms with E-state index < -0.39 is 0 Å². The van der Waals surface area contributed by atoms with Crippen molar-refractivity contribution in [3.05, 3.63) is 65.9 Å². The summed E-state index contributed by atoms with van der Waals surface area (Å²) in [5, 5.41) is 3.65. The molecule has 0 bridgehead atoms. The van der Waals surface area contributed by atoms with Gasteiger partial charge in [-0.2, -0.15) is 0 Å². The van der Waals surface area contributed by atoms with Crippen molar-refractivity contribution in [2.24, 2.45) is 0 Å². The molecular weight excluding hydrogens is 338 g/mol. The second-order valence-electron chi connectivity index (χ2n) is 7.48. The molecule has 2 atom stereocenters. The van der Waals surface area contributed by atoms with E-state index in [2.05, 4.69) is 76.8 Å². The molecule has 4 heteroatoms. The Bertz CT molecular complexity index is 841. The van der Waals surface area contributed by atoms with Crippen LogP contribution in [0, 0.1) is 6.92 Å². The maximum absolute atomic E-state index is 3.65. The molecule has 2 aromatic rings. The Labute approximate surface area is 160 Å². The zero-order valence-electron chi connectivity index (χ0n) is 15.2. The van der Waals surface area contributed by atoms with Crippen molar-refractivity contribution in [1.82, 2.24) is 10.2 Å². The Hall–Kier alpha value is -1.91. The number of nitrogens with zero attached hydrogens (tertiary/aromatic N) is 2. The molecule has 0 saturated carbocycles. The van der Waals surface area contributed by atoms with E-state index in [-0.39, 0.29) is 0 Å². The first kappa shape index (κ1) is 16.3. The first-order chi connectivity index (χ1) is 12.8. The molecule has 1 N–H and O–H groups in total. The van der Waals surface area contributed by atoms with E-state index in [4.69, 9.17) is 0 Å². The van der Waals surface area contributed by atoms with Crippen LogP contribution in [0.5, 0.6) is 0 Å². The normalized spacial score (nSPS) is 24.0. The summed E-state index contributed by atoms with van der Waals surface area (Å²) in [7, 11) is 0. The molecule has 1 fully saturated rings. The van der Waals surface area contributed by atoms with Crippen molar-refractivity contribution < 1.29 is 0 Å². The zero-order valence-corrected chi connectivity index (χ0v) is 16.0. The van der Waals surface area contributed by atoms with E-state index in [1.54, 1.807) is 0 Å². The standard InChI is InChI=1S/C22H25N3S/c1-16-6-4-7-17(14-16)20-15-25-19-9-2-3-10-21(19)26-22(25)24(20)13-11-18-8-5-12-23-18/h2-4,6-7,9-10,14-15,18,22-23H,5,8,11-13H2,1H3. The number of hydrogen-bond donors (Lipinski definition) is 1. The number of para-hydroxylation sites is 1. The van der Waals surface area contributed by atoms with Crippen LogP contribution in [0.15, 0.2) is 59.6 Å². The molecule has 1 saturated heterocycles. The summed E-state index contributed by atoms with van der Waals surface area (Å²) in [6, 6.07) is 18.4. The summed E-state index contributed by atoms with van der Waals surface area (Å²) in [6.45, 7) is 4.46. The Kier molecular flexibility index (Phi) is 4.18. The number of anilines is 1. The van der Waals surface area contributed by atoms with E-state index in [9.17, 15) is 0 Å². The highest BCUT2D eigenvalue weighted by atomic mass is 32.2. The van der Waals surface area contributed by atoms with Gasteiger partial charge in [-0.3, -0.25) is 0 Å². The lowest BCUT2D eigenvalue weighted by Gasteiger charge is -2.30. The van der Waals surface area contributed by atoms with Gasteiger partial charge in [-0.1, -0.05) is 47.7 Å². The van der Waals surface area contributed by atoms with Crippen LogP contribution in [-0.4, -0.2) is 29.5 Å². The monoisotopic (exact) mass is 363 g/mol. The molecule has 0 aromatic heterocycles. The van der Waals surface area contributed by atoms with Gasteiger partial charge in [0, 0.05) is 23.7 Å². The number of nitrogens with one attached hydrogen (secondary N) is 1. The summed E-state index contributed by atoms with van der Waals surface area (Å²) >= 11 is 1.98. The van der Waals surface area contributed by atoms with E-state index in [1.165, 1.54) is 53.2 Å². The SMILES string of the molecule is Cc1cccc(C2=CN3c4ccccc4SC3N2CCC2CCCN2)c1. The van der Waals surface area contributed by atoms with Gasteiger partial charge in [0.1, 0.15) is 0 Å². The lowest BCUT2D eigenvalue weighted by atomic mass is 10.1. The third kappa shape index (κ3) is 2.81. The van der Waals surface area contributed by atoms with Crippen LogP contribution < -0.4 is 10.2 Å². The van der Waals surface area contributed by atoms with Gasteiger partial charge < -0.3 is 15.1 Å². The molecule has 0 amide bonds. The quantitative estimate of drug-likeness (QED) is 0.852. The average molecular weight is 364 g/mol. The number of rotatable bonds is 4. The van der Waals surface area contributed by atoms with Gasteiger partial charge in [0.15, 0.2) is 5.50 Å². The van der Waals surface area contributed by atoms with Gasteiger partial charge in [-0.25, -0.2) is 0 Å². The molecule has 3 nitrogen and oxygen atoms in total. The summed E-state index contributed by atoms with van der Waals surface area (Å²) < 4.78 is 0. The molecule has 26 heavy (non-hydrogen) atoms. The highest BCUT2D eigenvalue weighted by Gasteiger charge is 2.40. The topological polar surface area (TPSA) is 18.5 Å². The number of hydrogen-bond acceptors (Lipinski definition) is 4. The van der Waals surface area contributed by atoms with Crippen molar-refractivity contribution >= 4 is 23.1 Å². The number of benzene rings is 2. The van der Waals surface area contributed by atoms with E-state index in [0.717, 1.165) is 6.54 Å². The van der Waals surface area contributed by atoms with E-state index in [1.807, 2.05) is 11.8 Å². The van der Waals surface area contributed by atoms with Crippen LogP contribution in [0.3, 0.4) is 0 Å². The van der Waals surface area contributed by atoms with Crippen LogP contribution in [0.4, 0.5) is 5.69 Å². The van der Waals surface area contributed by atoms with Crippen molar-refractivity contribution in [1.29, 1.82) is 0 Å². The maximum atomic E-state index is 3.65. The molecule has 2 unspecified atom stereocenters. The van der Waals surface area contributed by atoms with Crippen molar-refractivity contribution in [2.45, 2.75) is 42.6 Å². The summed E-state index contributed by atoms with van der Waals surface area (Å²) in [5.74, 6) is 0. The highest BCUT2D eigenvalue weighted by Crippen LogP contribution is 2.50. The minimum Gasteiger partial charge on any atom is -0.340 e. The Balaban J connectivity index is 1.47. The zero-order chi connectivity index (χ0) is 17.5. The van der Waals surface area contributed by atoms with Gasteiger partial charge >= 0.3 is 0 Å². The fourth-order valence-electron chi connectivity index (χ4n) is 4.31. The van der Waals surface area contributed by atoms with Gasteiger partial charge in [0.2, 0.25) is 0 Å². The van der Waals surface area contributed by atoms with Crippen molar-refractivity contribution in [3.8, 4) is 0 Å². The summed E-state index contributed by atoms with van der Waals surface area (Å²) in [5.41, 5.74) is 5.70. The first-order valence-electron chi connectivity index (χ1n) is 9.62. The lowest BCUT2D eigenvalue weighted by Crippen LogP contribution is -2.37. The fourth-order valence-corrected chi connectivity index (χ4v) is 5.62. The number of thioether (sulfide) groups is 1. The van der Waals surface area contributed by atoms with Crippen LogP contribution >= 0.6 is 11.8 Å². The van der Waals surface area contributed by atoms with Crippen LogP contribution in [-0.2, 0) is 0 Å². The molecule has 3 aliphatic rings. The van der Waals surface area contributed by atoms with Gasteiger partial charge in [-0.05, 0) is 56.5 Å². The number of aryl methyl sites for hydroxylation is 1. The fraction of sp³-hybridized carbons (Fsp3) is 0.364. The van der Waals surface area contributed by atoms with Crippen LogP contribution in [0.1, 0.15) is 30.4 Å². The molecule has 0 radical (unpaired) electrons. The third-order valence-corrected chi connectivity index (χ3v) is 6.94. The Morgan fingerprint density at radius 2 is 2.08 bits per heavy atom. The van der Waals surface area contributed by atoms with Gasteiger partial charge in [0.25, 0.3) is 0 Å². The van der Waals surface area contributed by atoms with Crippen LogP contribution in [0.25, 0.3) is 5.70 Å². The molecular formula is C22H25N3S. The summed E-state index contributed by atoms with van der Waals surface area (Å²) in [4.78, 5) is 6.46. The Morgan fingerprint density at radius 1 is 1.15 bits per heavy atom. The molecule has 3 aliphatic heterocycles. The van der Waals surface area contributed by atoms with Gasteiger partial charge in [0.05, 0.1) is 11.4 Å². The minimum absolute atomic E-state index is 0.351. The second-order valence-corrected chi connectivity index (χ2v) is 8.58. The predicted octanol–water partition coefficient (Wildman–Crippen LogP) is 4.65. The highest BCUT2D eigenvalue weighted by molar-refractivity contribution is 8.00. The second kappa shape index (κ2) is 6.67. The largest absolute Gasteiger partial charge is 0.340 e. The maximum Gasteiger partial charge on any atom is 0.159 e. The third-order valence-electron chi connectivity index (χ3n) is 5.65. The molecule has 0 aliphatic carbocycles. The molecule has 2 aromatic carbocycles. The molecule has 5 rings (SSSR count). The minimum atomic E-state index is 0.351. The molecule has 0 spiro atoms. The van der Waals surface area contributed by atoms with Gasteiger partial charge in [-0.15, -0.1) is 0 Å². The number of fused-ring (bicyclic) bond motifs is 3. The van der Waals surface area contributed by atoms with Crippen molar-refractivity contribution in [3.63, 3.8) is 0 Å². The van der Waals surface area contributed by atoms with Crippen LogP contribution in [0.2, 0.25) is 0 Å². The first-order valence-corrected chi connectivity index (χ1v) is 10.5. The summed E-state index contributed by atoms with van der Waals surface area (Å²) in [6.07, 6.45) is 6.21. The Morgan fingerprint density at radius 3 is 2.92 bits per heavy atom. The van der Waals surface area contributed by atoms with E-state index >= 15 is 0 Å². The molecule has 3 heterocycles. The smallest absolute Gasteiger partial charge is 0.159 e.